The first-order chi connectivity index (χ1) is 13.2. The zero-order valence-electron chi connectivity index (χ0n) is 14.6. The maximum absolute atomic E-state index is 12.6. The molecule has 0 unspecified atom stereocenters. The van der Waals surface area contributed by atoms with Gasteiger partial charge in [0.05, 0.1) is 25.0 Å². The second-order valence-electron chi connectivity index (χ2n) is 5.91. The summed E-state index contributed by atoms with van der Waals surface area (Å²) in [7, 11) is 1.61. The average Bonchev–Trinajstić information content (AvgIpc) is 3.16. The second-order valence-corrected chi connectivity index (χ2v) is 5.91. The maximum atomic E-state index is 12.6. The van der Waals surface area contributed by atoms with Gasteiger partial charge in [-0.25, -0.2) is 0 Å². The van der Waals surface area contributed by atoms with Crippen molar-refractivity contribution >= 4 is 16.8 Å². The number of nitrogens with one attached hydrogen (secondary N) is 2. The lowest BCUT2D eigenvalue weighted by Gasteiger charge is -2.08. The Morgan fingerprint density at radius 2 is 1.89 bits per heavy atom. The van der Waals surface area contributed by atoms with E-state index in [9.17, 15) is 4.79 Å². The lowest BCUT2D eigenvalue weighted by Crippen LogP contribution is -2.24. The van der Waals surface area contributed by atoms with Crippen LogP contribution in [0.3, 0.4) is 0 Å². The van der Waals surface area contributed by atoms with Gasteiger partial charge in [-0.15, -0.1) is 0 Å². The molecule has 0 atom stereocenters. The quantitative estimate of drug-likeness (QED) is 0.571. The highest BCUT2D eigenvalue weighted by Gasteiger charge is 2.13. The summed E-state index contributed by atoms with van der Waals surface area (Å²) in [4.78, 5) is 28.4. The fourth-order valence-electron chi connectivity index (χ4n) is 2.86. The topological polar surface area (TPSA) is 92.8 Å². The van der Waals surface area contributed by atoms with Gasteiger partial charge in [-0.05, 0) is 30.3 Å². The summed E-state index contributed by atoms with van der Waals surface area (Å²) in [6, 6.07) is 11.2. The number of benzene rings is 1. The minimum absolute atomic E-state index is 0.212. The number of aromatic amines is 1. The predicted octanol–water partition coefficient (Wildman–Crippen LogP) is 2.96. The minimum atomic E-state index is -0.212. The van der Waals surface area contributed by atoms with Crippen LogP contribution in [-0.4, -0.2) is 33.0 Å². The Balaban J connectivity index is 1.53. The normalized spacial score (nSPS) is 10.7. The van der Waals surface area contributed by atoms with Crippen molar-refractivity contribution in [3.05, 3.63) is 72.6 Å². The monoisotopic (exact) mass is 359 g/mol. The number of rotatable bonds is 5. The number of nitrogens with zero attached hydrogens (tertiary/aromatic N) is 3. The standard InChI is InChI=1S/C20H17N5O2/c1-27-15-3-2-14-10-17(25-16(14)11-15)20(26)24-12-18-19(23-9-8-22-18)13-4-6-21-7-5-13/h2-11,25H,12H2,1H3,(H,24,26). The van der Waals surface area contributed by atoms with Crippen LogP contribution in [-0.2, 0) is 6.54 Å². The van der Waals surface area contributed by atoms with E-state index in [2.05, 4.69) is 25.3 Å². The lowest BCUT2D eigenvalue weighted by atomic mass is 10.1. The van der Waals surface area contributed by atoms with Gasteiger partial charge in [0.15, 0.2) is 0 Å². The molecule has 2 N–H and O–H groups in total. The van der Waals surface area contributed by atoms with E-state index in [1.165, 1.54) is 0 Å². The fourth-order valence-corrected chi connectivity index (χ4v) is 2.86. The van der Waals surface area contributed by atoms with E-state index < -0.39 is 0 Å². The number of amides is 1. The number of carbonyl (C=O) groups excluding carboxylic acids is 1. The summed E-state index contributed by atoms with van der Waals surface area (Å²) in [5, 5.41) is 3.84. The SMILES string of the molecule is COc1ccc2cc(C(=O)NCc3nccnc3-c3ccncc3)[nH]c2c1. The third kappa shape index (κ3) is 3.48. The van der Waals surface area contributed by atoms with Gasteiger partial charge >= 0.3 is 0 Å². The van der Waals surface area contributed by atoms with Crippen molar-refractivity contribution < 1.29 is 9.53 Å². The molecule has 0 fully saturated rings. The molecule has 3 heterocycles. The van der Waals surface area contributed by atoms with Crippen LogP contribution < -0.4 is 10.1 Å². The zero-order chi connectivity index (χ0) is 18.6. The van der Waals surface area contributed by atoms with Crippen molar-refractivity contribution in [2.75, 3.05) is 7.11 Å². The van der Waals surface area contributed by atoms with Crippen LogP contribution >= 0.6 is 0 Å². The highest BCUT2D eigenvalue weighted by Crippen LogP contribution is 2.22. The number of carbonyl (C=O) groups is 1. The molecule has 3 aromatic heterocycles. The molecule has 27 heavy (non-hydrogen) atoms. The molecule has 134 valence electrons. The van der Waals surface area contributed by atoms with Gasteiger partial charge < -0.3 is 15.0 Å². The summed E-state index contributed by atoms with van der Waals surface area (Å²) in [5.74, 6) is 0.523. The molecule has 4 rings (SSSR count). The molecular weight excluding hydrogens is 342 g/mol. The zero-order valence-corrected chi connectivity index (χ0v) is 14.6. The first-order valence-electron chi connectivity index (χ1n) is 8.40. The highest BCUT2D eigenvalue weighted by atomic mass is 16.5. The molecule has 0 saturated heterocycles. The van der Waals surface area contributed by atoms with E-state index in [1.54, 1.807) is 31.9 Å². The summed E-state index contributed by atoms with van der Waals surface area (Å²) in [5.41, 5.74) is 3.64. The highest BCUT2D eigenvalue weighted by molar-refractivity contribution is 5.98. The molecule has 0 radical (unpaired) electrons. The molecule has 0 aliphatic carbocycles. The van der Waals surface area contributed by atoms with Crippen LogP contribution in [0, 0.1) is 0 Å². The summed E-state index contributed by atoms with van der Waals surface area (Å²) in [6.45, 7) is 0.267. The van der Waals surface area contributed by atoms with Crippen LogP contribution in [0.1, 0.15) is 16.2 Å². The Morgan fingerprint density at radius 3 is 2.70 bits per heavy atom. The van der Waals surface area contributed by atoms with E-state index in [4.69, 9.17) is 4.74 Å². The molecule has 7 heteroatoms. The fraction of sp³-hybridized carbons (Fsp3) is 0.100. The Kier molecular flexibility index (Phi) is 4.49. The molecule has 0 aliphatic rings. The Labute approximate surface area is 155 Å². The number of hydrogen-bond acceptors (Lipinski definition) is 5. The van der Waals surface area contributed by atoms with Crippen LogP contribution in [0.5, 0.6) is 5.75 Å². The Hall–Kier alpha value is -3.74. The predicted molar refractivity (Wildman–Crippen MR) is 101 cm³/mol. The average molecular weight is 359 g/mol. The van der Waals surface area contributed by atoms with Gasteiger partial charge in [0.2, 0.25) is 0 Å². The van der Waals surface area contributed by atoms with Gasteiger partial charge in [-0.2, -0.15) is 0 Å². The summed E-state index contributed by atoms with van der Waals surface area (Å²) < 4.78 is 5.21. The van der Waals surface area contributed by atoms with E-state index in [1.807, 2.05) is 36.4 Å². The molecule has 1 amide bonds. The van der Waals surface area contributed by atoms with Gasteiger partial charge in [0.25, 0.3) is 5.91 Å². The largest absolute Gasteiger partial charge is 0.497 e. The second kappa shape index (κ2) is 7.25. The van der Waals surface area contributed by atoms with Gasteiger partial charge in [-0.1, -0.05) is 0 Å². The van der Waals surface area contributed by atoms with Gasteiger partial charge in [-0.3, -0.25) is 19.7 Å². The number of pyridine rings is 1. The molecule has 0 saturated carbocycles. The van der Waals surface area contributed by atoms with Crippen LogP contribution in [0.25, 0.3) is 22.2 Å². The third-order valence-corrected chi connectivity index (χ3v) is 4.22. The number of ether oxygens (including phenoxy) is 1. The summed E-state index contributed by atoms with van der Waals surface area (Å²) >= 11 is 0. The smallest absolute Gasteiger partial charge is 0.268 e. The lowest BCUT2D eigenvalue weighted by molar-refractivity contribution is 0.0946. The van der Waals surface area contributed by atoms with E-state index in [0.717, 1.165) is 27.9 Å². The summed E-state index contributed by atoms with van der Waals surface area (Å²) in [6.07, 6.45) is 6.64. The molecule has 0 aliphatic heterocycles. The van der Waals surface area contributed by atoms with Crippen molar-refractivity contribution in [2.24, 2.45) is 0 Å². The Bertz CT molecular complexity index is 1090. The molecule has 0 bridgehead atoms. The number of H-pyrrole nitrogens is 1. The first-order valence-corrected chi connectivity index (χ1v) is 8.40. The molecule has 1 aromatic carbocycles. The van der Waals surface area contributed by atoms with Crippen LogP contribution in [0.2, 0.25) is 0 Å². The van der Waals surface area contributed by atoms with Crippen molar-refractivity contribution in [3.63, 3.8) is 0 Å². The maximum Gasteiger partial charge on any atom is 0.268 e. The van der Waals surface area contributed by atoms with Crippen molar-refractivity contribution in [1.82, 2.24) is 25.3 Å². The van der Waals surface area contributed by atoms with Crippen LogP contribution in [0.15, 0.2) is 61.2 Å². The van der Waals surface area contributed by atoms with E-state index >= 15 is 0 Å². The minimum Gasteiger partial charge on any atom is -0.497 e. The first kappa shape index (κ1) is 16.7. The van der Waals surface area contributed by atoms with Crippen LogP contribution in [0.4, 0.5) is 0 Å². The molecular formula is C20H17N5O2. The number of hydrogen-bond donors (Lipinski definition) is 2. The third-order valence-electron chi connectivity index (χ3n) is 4.22. The number of methoxy groups -OCH3 is 1. The van der Waals surface area contributed by atoms with Crippen molar-refractivity contribution in [2.45, 2.75) is 6.54 Å². The van der Waals surface area contributed by atoms with Gasteiger partial charge in [0, 0.05) is 47.3 Å². The van der Waals surface area contributed by atoms with E-state index in [0.29, 0.717) is 11.4 Å². The molecule has 4 aromatic rings. The molecule has 7 nitrogen and oxygen atoms in total. The van der Waals surface area contributed by atoms with Crippen molar-refractivity contribution in [1.29, 1.82) is 0 Å². The number of aromatic nitrogens is 4. The van der Waals surface area contributed by atoms with Crippen molar-refractivity contribution in [3.8, 4) is 17.0 Å². The Morgan fingerprint density at radius 1 is 1.07 bits per heavy atom. The van der Waals surface area contributed by atoms with E-state index in [-0.39, 0.29) is 12.5 Å². The number of fused-ring (bicyclic) bond motifs is 1. The van der Waals surface area contributed by atoms with Gasteiger partial charge in [0.1, 0.15) is 11.4 Å². The molecule has 0 spiro atoms.